The fourth-order valence-electron chi connectivity index (χ4n) is 10.6. The maximum Gasteiger partial charge on any atom is 0.264 e. The number of piperidine rings is 1. The number of nitrogens with one attached hydrogen (secondary N) is 1. The zero-order chi connectivity index (χ0) is 35.9. The van der Waals surface area contributed by atoms with Gasteiger partial charge in [-0.05, 0) is 130 Å². The highest BCUT2D eigenvalue weighted by molar-refractivity contribution is 7.91. The standard InChI is InChI=1S/C41H52ClN3O6S/c1-38-23-31(38)6-4-14-41(49-2,26-44-18-15-40(16-19-44)17-20-51-40)34-10-7-30(34)24-45-25-39(13-3-5-28-21-32(42)9-11-33(28)39)27-50-36-12-8-29(22-35(36)45)37(46)43-52(38,47)48/h4,8-9,11-12,14,21-22,30-31,34H,3,5-7,10,13,15-20,23-27H2,1-2H3,(H,43,46)/b14-4+/t30-,31+,34+,38+,39-,41+/m0/s1. The third-order valence-corrected chi connectivity index (χ3v) is 16.8. The zero-order valence-electron chi connectivity index (χ0n) is 30.5. The van der Waals surface area contributed by atoms with Crippen LogP contribution in [-0.4, -0.2) is 88.2 Å². The number of sulfonamides is 1. The Morgan fingerprint density at radius 1 is 1.08 bits per heavy atom. The SMILES string of the molecule is CO[C@@]1(CN2CCC3(CCO3)CC2)/C=C/C[C@@H]2C[C@@]2(C)S(=O)(=O)NC(=O)c2ccc3c(c2)N(C[C@@H]2CC[C@H]21)C[C@@]1(CCCc2cc(Cl)ccc21)CO3. The van der Waals surface area contributed by atoms with E-state index in [2.05, 4.69) is 38.8 Å². The van der Waals surface area contributed by atoms with E-state index in [1.54, 1.807) is 13.0 Å². The van der Waals surface area contributed by atoms with Crippen LogP contribution in [0.15, 0.2) is 48.6 Å². The van der Waals surface area contributed by atoms with Crippen molar-refractivity contribution in [3.8, 4) is 5.75 Å². The van der Waals surface area contributed by atoms with E-state index in [1.165, 1.54) is 11.1 Å². The third kappa shape index (κ3) is 5.81. The highest BCUT2D eigenvalue weighted by atomic mass is 35.5. The molecule has 9 rings (SSSR count). The summed E-state index contributed by atoms with van der Waals surface area (Å²) in [6, 6.07) is 11.7. The molecule has 6 atom stereocenters. The van der Waals surface area contributed by atoms with E-state index < -0.39 is 26.3 Å². The smallest absolute Gasteiger partial charge is 0.264 e. The second-order valence-corrected chi connectivity index (χ2v) is 19.8. The molecule has 2 saturated heterocycles. The molecule has 2 aromatic carbocycles. The van der Waals surface area contributed by atoms with Crippen molar-refractivity contribution in [1.29, 1.82) is 0 Å². The maximum atomic E-state index is 13.8. The van der Waals surface area contributed by atoms with Crippen LogP contribution in [0.5, 0.6) is 5.75 Å². The Bertz CT molecular complexity index is 1890. The minimum atomic E-state index is -3.93. The highest BCUT2D eigenvalue weighted by Crippen LogP contribution is 2.53. The van der Waals surface area contributed by atoms with Gasteiger partial charge in [0.05, 0.1) is 29.2 Å². The summed E-state index contributed by atoms with van der Waals surface area (Å²) in [6.07, 6.45) is 14.0. The number of carbonyl (C=O) groups is 1. The van der Waals surface area contributed by atoms with Crippen molar-refractivity contribution in [1.82, 2.24) is 9.62 Å². The van der Waals surface area contributed by atoms with E-state index in [9.17, 15) is 13.2 Å². The van der Waals surface area contributed by atoms with Gasteiger partial charge in [-0.3, -0.25) is 9.69 Å². The fourth-order valence-corrected chi connectivity index (χ4v) is 12.4. The lowest BCUT2D eigenvalue weighted by molar-refractivity contribution is -0.178. The summed E-state index contributed by atoms with van der Waals surface area (Å²) in [5.74, 6) is 0.689. The predicted molar refractivity (Wildman–Crippen MR) is 202 cm³/mol. The summed E-state index contributed by atoms with van der Waals surface area (Å²) in [6.45, 7) is 7.45. The number of methoxy groups -OCH3 is 1. The molecule has 1 amide bonds. The number of rotatable bonds is 3. The minimum Gasteiger partial charge on any atom is -0.490 e. The summed E-state index contributed by atoms with van der Waals surface area (Å²) in [4.78, 5) is 18.7. The first-order valence-electron chi connectivity index (χ1n) is 19.4. The van der Waals surface area contributed by atoms with Crippen molar-refractivity contribution in [3.05, 3.63) is 70.3 Å². The van der Waals surface area contributed by atoms with Crippen LogP contribution in [-0.2, 0) is 31.3 Å². The molecule has 9 nitrogen and oxygen atoms in total. The highest BCUT2D eigenvalue weighted by Gasteiger charge is 2.60. The second-order valence-electron chi connectivity index (χ2n) is 17.2. The second kappa shape index (κ2) is 12.7. The number of aryl methyl sites for hydroxylation is 1. The average molecular weight is 750 g/mol. The Labute approximate surface area is 313 Å². The Balaban J connectivity index is 1.10. The first-order chi connectivity index (χ1) is 25.0. The summed E-state index contributed by atoms with van der Waals surface area (Å²) >= 11 is 6.50. The van der Waals surface area contributed by atoms with Crippen molar-refractivity contribution in [2.45, 2.75) is 92.5 Å². The molecule has 2 saturated carbocycles. The number of amides is 1. The first-order valence-corrected chi connectivity index (χ1v) is 21.3. The van der Waals surface area contributed by atoms with Crippen LogP contribution >= 0.6 is 11.6 Å². The lowest BCUT2D eigenvalue weighted by Crippen LogP contribution is -2.59. The predicted octanol–water partition coefficient (Wildman–Crippen LogP) is 6.28. The maximum absolute atomic E-state index is 13.8. The topological polar surface area (TPSA) is 97.4 Å². The van der Waals surface area contributed by atoms with Gasteiger partial charge >= 0.3 is 0 Å². The monoisotopic (exact) mass is 749 g/mol. The van der Waals surface area contributed by atoms with Gasteiger partial charge in [-0.2, -0.15) is 0 Å². The Morgan fingerprint density at radius 3 is 2.63 bits per heavy atom. The molecule has 0 unspecified atom stereocenters. The third-order valence-electron chi connectivity index (χ3n) is 14.4. The number of halogens is 1. The van der Waals surface area contributed by atoms with Crippen LogP contribution in [0.1, 0.15) is 86.2 Å². The number of carbonyl (C=O) groups excluding carboxylic acids is 1. The number of likely N-dealkylation sites (tertiary alicyclic amines) is 1. The van der Waals surface area contributed by atoms with E-state index in [0.717, 1.165) is 107 Å². The van der Waals surface area contributed by atoms with E-state index in [-0.39, 0.29) is 22.9 Å². The van der Waals surface area contributed by atoms with Gasteiger partial charge in [0.2, 0.25) is 10.0 Å². The molecule has 11 heteroatoms. The van der Waals surface area contributed by atoms with E-state index in [4.69, 9.17) is 25.8 Å². The number of anilines is 1. The summed E-state index contributed by atoms with van der Waals surface area (Å²) in [5.41, 5.74) is 3.04. The fraction of sp³-hybridized carbons (Fsp3) is 0.634. The van der Waals surface area contributed by atoms with Crippen LogP contribution < -0.4 is 14.4 Å². The van der Waals surface area contributed by atoms with E-state index in [1.807, 2.05) is 25.3 Å². The number of allylic oxidation sites excluding steroid dienone is 1. The molecule has 2 spiro atoms. The molecule has 4 heterocycles. The molecule has 0 aromatic heterocycles. The molecule has 4 fully saturated rings. The molecule has 1 N–H and O–H groups in total. The molecule has 3 aliphatic carbocycles. The zero-order valence-corrected chi connectivity index (χ0v) is 32.1. The molecule has 2 aromatic rings. The van der Waals surface area contributed by atoms with Crippen LogP contribution in [0.25, 0.3) is 0 Å². The summed E-state index contributed by atoms with van der Waals surface area (Å²) in [5, 5.41) is 0.751. The molecular formula is C41H52ClN3O6S. The number of hydrogen-bond acceptors (Lipinski definition) is 8. The molecule has 52 heavy (non-hydrogen) atoms. The average Bonchev–Trinajstić information content (AvgIpc) is 3.81. The lowest BCUT2D eigenvalue weighted by atomic mass is 9.63. The van der Waals surface area contributed by atoms with Crippen LogP contribution in [0, 0.1) is 17.8 Å². The Morgan fingerprint density at radius 2 is 1.90 bits per heavy atom. The molecule has 280 valence electrons. The van der Waals surface area contributed by atoms with Gasteiger partial charge < -0.3 is 19.1 Å². The van der Waals surface area contributed by atoms with Crippen LogP contribution in [0.2, 0.25) is 5.02 Å². The van der Waals surface area contributed by atoms with Crippen LogP contribution in [0.4, 0.5) is 5.69 Å². The summed E-state index contributed by atoms with van der Waals surface area (Å²) in [7, 11) is -2.07. The number of fused-ring (bicyclic) bond motifs is 5. The van der Waals surface area contributed by atoms with Gasteiger partial charge in [0.25, 0.3) is 5.91 Å². The van der Waals surface area contributed by atoms with Crippen molar-refractivity contribution >= 4 is 33.2 Å². The van der Waals surface area contributed by atoms with Crippen molar-refractivity contribution in [3.63, 3.8) is 0 Å². The van der Waals surface area contributed by atoms with Crippen molar-refractivity contribution < 1.29 is 27.4 Å². The van der Waals surface area contributed by atoms with E-state index >= 15 is 0 Å². The minimum absolute atomic E-state index is 0.0697. The molecular weight excluding hydrogens is 698 g/mol. The van der Waals surface area contributed by atoms with E-state index in [0.29, 0.717) is 30.9 Å². The number of ether oxygens (including phenoxy) is 3. The molecule has 0 radical (unpaired) electrons. The van der Waals surface area contributed by atoms with Crippen LogP contribution in [0.3, 0.4) is 0 Å². The Kier molecular flexibility index (Phi) is 8.59. The Hall–Kier alpha value is -2.63. The quantitative estimate of drug-likeness (QED) is 0.367. The van der Waals surface area contributed by atoms with Crippen molar-refractivity contribution in [2.24, 2.45) is 17.8 Å². The molecule has 2 bridgehead atoms. The normalized spacial score (nSPS) is 36.9. The number of benzene rings is 2. The van der Waals surface area contributed by atoms with Gasteiger partial charge in [0.1, 0.15) is 11.4 Å². The van der Waals surface area contributed by atoms with Gasteiger partial charge in [0.15, 0.2) is 0 Å². The largest absolute Gasteiger partial charge is 0.490 e. The first kappa shape index (κ1) is 35.1. The van der Waals surface area contributed by atoms with Gasteiger partial charge in [-0.15, -0.1) is 0 Å². The molecule has 7 aliphatic rings. The number of nitrogens with zero attached hydrogens (tertiary/aromatic N) is 2. The van der Waals surface area contributed by atoms with Gasteiger partial charge in [0, 0.05) is 55.8 Å². The van der Waals surface area contributed by atoms with Crippen molar-refractivity contribution in [2.75, 3.05) is 57.9 Å². The number of hydrogen-bond donors (Lipinski definition) is 1. The summed E-state index contributed by atoms with van der Waals surface area (Å²) < 4.78 is 48.4. The van der Waals surface area contributed by atoms with Gasteiger partial charge in [-0.25, -0.2) is 13.1 Å². The van der Waals surface area contributed by atoms with Gasteiger partial charge in [-0.1, -0.05) is 29.8 Å². The lowest BCUT2D eigenvalue weighted by Gasteiger charge is -2.53. The molecule has 4 aliphatic heterocycles.